The van der Waals surface area contributed by atoms with Gasteiger partial charge in [-0.25, -0.2) is 0 Å². The van der Waals surface area contributed by atoms with Crippen LogP contribution >= 0.6 is 11.8 Å². The molecule has 1 saturated heterocycles. The zero-order chi connectivity index (χ0) is 7.56. The van der Waals surface area contributed by atoms with Crippen LogP contribution in [-0.2, 0) is 4.79 Å². The van der Waals surface area contributed by atoms with Crippen LogP contribution in [0.2, 0.25) is 0 Å². The monoisotopic (exact) mass is 160 g/mol. The van der Waals surface area contributed by atoms with E-state index in [9.17, 15) is 4.79 Å². The van der Waals surface area contributed by atoms with E-state index in [1.807, 2.05) is 6.92 Å². The van der Waals surface area contributed by atoms with Crippen molar-refractivity contribution < 1.29 is 9.90 Å². The summed E-state index contributed by atoms with van der Waals surface area (Å²) in [5, 5.41) is 8.70. The molecular formula is C7H12O2S. The van der Waals surface area contributed by atoms with Gasteiger partial charge in [0.15, 0.2) is 0 Å². The molecule has 0 aromatic carbocycles. The van der Waals surface area contributed by atoms with E-state index < -0.39 is 5.97 Å². The first-order chi connectivity index (χ1) is 4.72. The van der Waals surface area contributed by atoms with Gasteiger partial charge in [-0.05, 0) is 18.1 Å². The van der Waals surface area contributed by atoms with Crippen LogP contribution in [0.25, 0.3) is 0 Å². The van der Waals surface area contributed by atoms with Gasteiger partial charge in [0.05, 0.1) is 5.92 Å². The maximum atomic E-state index is 10.6. The first-order valence-corrected chi connectivity index (χ1v) is 4.68. The molecular weight excluding hydrogens is 148 g/mol. The molecule has 10 heavy (non-hydrogen) atoms. The Bertz CT molecular complexity index is 136. The Balaban J connectivity index is 2.47. The van der Waals surface area contributed by atoms with E-state index in [2.05, 4.69) is 0 Å². The van der Waals surface area contributed by atoms with Crippen LogP contribution in [0.4, 0.5) is 0 Å². The van der Waals surface area contributed by atoms with Crippen LogP contribution in [0.15, 0.2) is 0 Å². The Morgan fingerprint density at radius 3 is 2.80 bits per heavy atom. The fourth-order valence-electron chi connectivity index (χ4n) is 1.16. The standard InChI is InChI=1S/C7H12O2S/c1-5-2-3-10-4-6(5)7(8)9/h5-6H,2-4H2,1H3,(H,8,9). The third-order valence-corrected chi connectivity index (χ3v) is 3.14. The number of hydrogen-bond donors (Lipinski definition) is 1. The molecule has 0 spiro atoms. The highest BCUT2D eigenvalue weighted by molar-refractivity contribution is 7.99. The third-order valence-electron chi connectivity index (χ3n) is 2.02. The van der Waals surface area contributed by atoms with Gasteiger partial charge in [0.2, 0.25) is 0 Å². The maximum absolute atomic E-state index is 10.6. The number of rotatable bonds is 1. The molecule has 0 aliphatic carbocycles. The SMILES string of the molecule is CC1CCSCC1C(=O)O. The van der Waals surface area contributed by atoms with Crippen molar-refractivity contribution in [1.82, 2.24) is 0 Å². The number of hydrogen-bond acceptors (Lipinski definition) is 2. The quantitative estimate of drug-likeness (QED) is 0.631. The fourth-order valence-corrected chi connectivity index (χ4v) is 2.59. The van der Waals surface area contributed by atoms with E-state index in [1.165, 1.54) is 0 Å². The maximum Gasteiger partial charge on any atom is 0.307 e. The summed E-state index contributed by atoms with van der Waals surface area (Å²) in [6.45, 7) is 2.03. The zero-order valence-electron chi connectivity index (χ0n) is 6.04. The highest BCUT2D eigenvalue weighted by Gasteiger charge is 2.27. The van der Waals surface area contributed by atoms with E-state index >= 15 is 0 Å². The smallest absolute Gasteiger partial charge is 0.307 e. The molecule has 2 unspecified atom stereocenters. The molecule has 0 radical (unpaired) electrons. The predicted octanol–water partition coefficient (Wildman–Crippen LogP) is 1.46. The van der Waals surface area contributed by atoms with Gasteiger partial charge < -0.3 is 5.11 Å². The topological polar surface area (TPSA) is 37.3 Å². The molecule has 1 heterocycles. The summed E-state index contributed by atoms with van der Waals surface area (Å²) < 4.78 is 0. The third kappa shape index (κ3) is 1.66. The van der Waals surface area contributed by atoms with Crippen molar-refractivity contribution >= 4 is 17.7 Å². The second kappa shape index (κ2) is 3.28. The van der Waals surface area contributed by atoms with Crippen LogP contribution in [0.1, 0.15) is 13.3 Å². The largest absolute Gasteiger partial charge is 0.481 e. The van der Waals surface area contributed by atoms with E-state index in [4.69, 9.17) is 5.11 Å². The van der Waals surface area contributed by atoms with Crippen molar-refractivity contribution in [3.8, 4) is 0 Å². The lowest BCUT2D eigenvalue weighted by Gasteiger charge is -2.24. The van der Waals surface area contributed by atoms with E-state index in [-0.39, 0.29) is 5.92 Å². The molecule has 0 amide bonds. The van der Waals surface area contributed by atoms with Crippen LogP contribution in [0.3, 0.4) is 0 Å². The van der Waals surface area contributed by atoms with Gasteiger partial charge in [0.1, 0.15) is 0 Å². The van der Waals surface area contributed by atoms with Gasteiger partial charge in [0, 0.05) is 5.75 Å². The van der Waals surface area contributed by atoms with E-state index in [0.29, 0.717) is 5.92 Å². The molecule has 1 rings (SSSR count). The molecule has 1 N–H and O–H groups in total. The lowest BCUT2D eigenvalue weighted by atomic mass is 9.93. The van der Waals surface area contributed by atoms with Crippen molar-refractivity contribution in [3.05, 3.63) is 0 Å². The summed E-state index contributed by atoms with van der Waals surface area (Å²) in [5.41, 5.74) is 0. The fraction of sp³-hybridized carbons (Fsp3) is 0.857. The van der Waals surface area contributed by atoms with Gasteiger partial charge in [-0.1, -0.05) is 6.92 Å². The number of thioether (sulfide) groups is 1. The number of carboxylic acids is 1. The van der Waals surface area contributed by atoms with Crippen LogP contribution < -0.4 is 0 Å². The van der Waals surface area contributed by atoms with Crippen LogP contribution in [0, 0.1) is 11.8 Å². The van der Waals surface area contributed by atoms with Crippen molar-refractivity contribution in [2.75, 3.05) is 11.5 Å². The Labute approximate surface area is 65.0 Å². The molecule has 0 saturated carbocycles. The summed E-state index contributed by atoms with van der Waals surface area (Å²) in [6.07, 6.45) is 1.06. The van der Waals surface area contributed by atoms with Crippen LogP contribution in [0.5, 0.6) is 0 Å². The Kier molecular flexibility index (Phi) is 2.60. The minimum Gasteiger partial charge on any atom is -0.481 e. The second-order valence-electron chi connectivity index (χ2n) is 2.79. The van der Waals surface area contributed by atoms with Crippen LogP contribution in [-0.4, -0.2) is 22.6 Å². The molecule has 0 aromatic heterocycles. The number of carbonyl (C=O) groups is 1. The average molecular weight is 160 g/mol. The summed E-state index contributed by atoms with van der Waals surface area (Å²) in [7, 11) is 0. The number of aliphatic carboxylic acids is 1. The summed E-state index contributed by atoms with van der Waals surface area (Å²) >= 11 is 1.75. The first kappa shape index (κ1) is 7.92. The molecule has 0 aromatic rings. The van der Waals surface area contributed by atoms with Gasteiger partial charge in [-0.3, -0.25) is 4.79 Å². The highest BCUT2D eigenvalue weighted by Crippen LogP contribution is 2.27. The second-order valence-corrected chi connectivity index (χ2v) is 3.94. The Morgan fingerprint density at radius 2 is 2.40 bits per heavy atom. The minimum atomic E-state index is -0.625. The molecule has 2 atom stereocenters. The molecule has 58 valence electrons. The summed E-state index contributed by atoms with van der Waals surface area (Å²) in [6, 6.07) is 0. The lowest BCUT2D eigenvalue weighted by molar-refractivity contribution is -0.142. The highest BCUT2D eigenvalue weighted by atomic mass is 32.2. The van der Waals surface area contributed by atoms with Crippen molar-refractivity contribution in [2.45, 2.75) is 13.3 Å². The zero-order valence-corrected chi connectivity index (χ0v) is 6.86. The Hall–Kier alpha value is -0.180. The predicted molar refractivity (Wildman–Crippen MR) is 42.2 cm³/mol. The lowest BCUT2D eigenvalue weighted by Crippen LogP contribution is -2.27. The molecule has 1 aliphatic heterocycles. The van der Waals surface area contributed by atoms with Gasteiger partial charge in [-0.2, -0.15) is 11.8 Å². The Morgan fingerprint density at radius 1 is 1.70 bits per heavy atom. The van der Waals surface area contributed by atoms with Crippen molar-refractivity contribution in [3.63, 3.8) is 0 Å². The molecule has 1 aliphatic rings. The van der Waals surface area contributed by atoms with Gasteiger partial charge in [-0.15, -0.1) is 0 Å². The first-order valence-electron chi connectivity index (χ1n) is 3.52. The van der Waals surface area contributed by atoms with Crippen molar-refractivity contribution in [2.24, 2.45) is 11.8 Å². The normalized spacial score (nSPS) is 33.7. The average Bonchev–Trinajstić information content (AvgIpc) is 1.88. The van der Waals surface area contributed by atoms with Gasteiger partial charge >= 0.3 is 5.97 Å². The number of carboxylic acid groups (broad SMARTS) is 1. The summed E-state index contributed by atoms with van der Waals surface area (Å²) in [4.78, 5) is 10.6. The molecule has 0 bridgehead atoms. The molecule has 2 nitrogen and oxygen atoms in total. The van der Waals surface area contributed by atoms with Gasteiger partial charge in [0.25, 0.3) is 0 Å². The van der Waals surface area contributed by atoms with E-state index in [0.717, 1.165) is 17.9 Å². The minimum absolute atomic E-state index is 0.0984. The van der Waals surface area contributed by atoms with E-state index in [1.54, 1.807) is 11.8 Å². The molecule has 3 heteroatoms. The summed E-state index contributed by atoms with van der Waals surface area (Å²) in [5.74, 6) is 1.58. The molecule has 1 fully saturated rings. The van der Waals surface area contributed by atoms with Crippen molar-refractivity contribution in [1.29, 1.82) is 0 Å².